The summed E-state index contributed by atoms with van der Waals surface area (Å²) in [6.07, 6.45) is 2.97. The lowest BCUT2D eigenvalue weighted by molar-refractivity contribution is -0.132. The third-order valence-corrected chi connectivity index (χ3v) is 4.34. The van der Waals surface area contributed by atoms with Crippen molar-refractivity contribution in [1.82, 2.24) is 14.9 Å². The van der Waals surface area contributed by atoms with Crippen molar-refractivity contribution in [2.45, 2.75) is 39.2 Å². The Balaban J connectivity index is 1.85. The van der Waals surface area contributed by atoms with Crippen molar-refractivity contribution < 1.29 is 14.3 Å². The second-order valence-corrected chi connectivity index (χ2v) is 6.21. The second kappa shape index (κ2) is 7.51. The molecule has 1 saturated heterocycles. The third-order valence-electron chi connectivity index (χ3n) is 4.34. The zero-order valence-corrected chi connectivity index (χ0v) is 14.9. The molecule has 1 amide bonds. The van der Waals surface area contributed by atoms with Crippen LogP contribution in [0, 0.1) is 6.92 Å². The Hall–Kier alpha value is -2.63. The van der Waals surface area contributed by atoms with Crippen LogP contribution in [0.25, 0.3) is 0 Å². The summed E-state index contributed by atoms with van der Waals surface area (Å²) in [6, 6.07) is 9.06. The minimum absolute atomic E-state index is 0.0624. The molecule has 2 aromatic rings. The van der Waals surface area contributed by atoms with Crippen LogP contribution in [0.4, 0.5) is 0 Å². The van der Waals surface area contributed by atoms with Crippen LogP contribution < -0.4 is 9.47 Å². The number of aryl methyl sites for hydroxylation is 1. The number of carbonyl (C=O) groups excluding carboxylic acids is 1. The zero-order valence-electron chi connectivity index (χ0n) is 14.9. The van der Waals surface area contributed by atoms with Gasteiger partial charge in [-0.15, -0.1) is 0 Å². The van der Waals surface area contributed by atoms with Gasteiger partial charge in [-0.25, -0.2) is 4.98 Å². The molecule has 1 atom stereocenters. The molecular formula is C19H23N3O3. The fourth-order valence-corrected chi connectivity index (χ4v) is 3.10. The van der Waals surface area contributed by atoms with Crippen LogP contribution in [0.15, 0.2) is 30.3 Å². The number of ether oxygens (including phenoxy) is 2. The Morgan fingerprint density at radius 2 is 1.88 bits per heavy atom. The number of benzene rings is 1. The third kappa shape index (κ3) is 4.07. The van der Waals surface area contributed by atoms with E-state index in [1.54, 1.807) is 20.1 Å². The summed E-state index contributed by atoms with van der Waals surface area (Å²) in [7, 11) is 1.63. The van der Waals surface area contributed by atoms with Crippen LogP contribution in [-0.2, 0) is 4.79 Å². The molecule has 0 radical (unpaired) electrons. The van der Waals surface area contributed by atoms with Gasteiger partial charge in [0.25, 0.3) is 0 Å². The SMILES string of the molecule is COc1ccc(Oc2cc(C)nc([C@H]3CCCCN3C(C)=O)n2)cc1. The average molecular weight is 341 g/mol. The number of piperidine rings is 1. The summed E-state index contributed by atoms with van der Waals surface area (Å²) >= 11 is 0. The fourth-order valence-electron chi connectivity index (χ4n) is 3.10. The highest BCUT2D eigenvalue weighted by Crippen LogP contribution is 2.31. The molecule has 1 fully saturated rings. The standard InChI is InChI=1S/C19H23N3O3/c1-13-12-18(25-16-9-7-15(24-3)8-10-16)21-19(20-13)17-6-4-5-11-22(17)14(2)23/h7-10,12,17H,4-6,11H2,1-3H3/t17-/m1/s1. The molecule has 2 heterocycles. The molecule has 0 saturated carbocycles. The van der Waals surface area contributed by atoms with Crippen molar-refractivity contribution >= 4 is 5.91 Å². The lowest BCUT2D eigenvalue weighted by atomic mass is 10.0. The number of amides is 1. The van der Waals surface area contributed by atoms with Crippen molar-refractivity contribution in [3.05, 3.63) is 41.9 Å². The Morgan fingerprint density at radius 1 is 1.16 bits per heavy atom. The van der Waals surface area contributed by atoms with Crippen LogP contribution in [0.2, 0.25) is 0 Å². The maximum atomic E-state index is 11.9. The van der Waals surface area contributed by atoms with Crippen LogP contribution in [-0.4, -0.2) is 34.4 Å². The normalized spacial score (nSPS) is 17.2. The van der Waals surface area contributed by atoms with E-state index >= 15 is 0 Å². The molecule has 3 rings (SSSR count). The molecule has 0 spiro atoms. The molecule has 1 aliphatic rings. The van der Waals surface area contributed by atoms with Crippen LogP contribution in [0.5, 0.6) is 17.4 Å². The number of hydrogen-bond acceptors (Lipinski definition) is 5. The lowest BCUT2D eigenvalue weighted by Gasteiger charge is -2.34. The Morgan fingerprint density at radius 3 is 2.56 bits per heavy atom. The van der Waals surface area contributed by atoms with Gasteiger partial charge in [-0.2, -0.15) is 4.98 Å². The molecule has 1 aromatic carbocycles. The summed E-state index contributed by atoms with van der Waals surface area (Å²) in [5.41, 5.74) is 0.822. The van der Waals surface area contributed by atoms with Crippen molar-refractivity contribution in [2.24, 2.45) is 0 Å². The van der Waals surface area contributed by atoms with Crippen LogP contribution >= 0.6 is 0 Å². The molecule has 132 valence electrons. The van der Waals surface area contributed by atoms with Gasteiger partial charge in [0.2, 0.25) is 11.8 Å². The first-order chi connectivity index (χ1) is 12.1. The van der Waals surface area contributed by atoms with E-state index in [2.05, 4.69) is 9.97 Å². The van der Waals surface area contributed by atoms with E-state index in [1.807, 2.05) is 36.1 Å². The monoisotopic (exact) mass is 341 g/mol. The summed E-state index contributed by atoms with van der Waals surface area (Å²) in [6.45, 7) is 4.27. The first-order valence-corrected chi connectivity index (χ1v) is 8.51. The maximum absolute atomic E-state index is 11.9. The Bertz CT molecular complexity index is 746. The summed E-state index contributed by atoms with van der Waals surface area (Å²) < 4.78 is 11.0. The lowest BCUT2D eigenvalue weighted by Crippen LogP contribution is -2.37. The highest BCUT2D eigenvalue weighted by Gasteiger charge is 2.28. The summed E-state index contributed by atoms with van der Waals surface area (Å²) in [5, 5.41) is 0. The Kier molecular flexibility index (Phi) is 5.16. The number of nitrogens with zero attached hydrogens (tertiary/aromatic N) is 3. The minimum atomic E-state index is -0.0793. The first-order valence-electron chi connectivity index (χ1n) is 8.51. The summed E-state index contributed by atoms with van der Waals surface area (Å²) in [5.74, 6) is 2.65. The maximum Gasteiger partial charge on any atom is 0.222 e. The largest absolute Gasteiger partial charge is 0.497 e. The van der Waals surface area contributed by atoms with E-state index < -0.39 is 0 Å². The number of aromatic nitrogens is 2. The molecule has 25 heavy (non-hydrogen) atoms. The number of rotatable bonds is 4. The van der Waals surface area contributed by atoms with Gasteiger partial charge in [0.1, 0.15) is 11.5 Å². The number of carbonyl (C=O) groups is 1. The van der Waals surface area contributed by atoms with Crippen LogP contribution in [0.3, 0.4) is 0 Å². The molecule has 1 aliphatic heterocycles. The van der Waals surface area contributed by atoms with E-state index in [9.17, 15) is 4.79 Å². The molecule has 6 nitrogen and oxygen atoms in total. The van der Waals surface area contributed by atoms with Gasteiger partial charge in [0.15, 0.2) is 5.82 Å². The summed E-state index contributed by atoms with van der Waals surface area (Å²) in [4.78, 5) is 22.9. The smallest absolute Gasteiger partial charge is 0.222 e. The highest BCUT2D eigenvalue weighted by atomic mass is 16.5. The quantitative estimate of drug-likeness (QED) is 0.849. The van der Waals surface area contributed by atoms with Gasteiger partial charge in [0, 0.05) is 25.2 Å². The van der Waals surface area contributed by atoms with E-state index in [1.165, 1.54) is 0 Å². The van der Waals surface area contributed by atoms with Crippen molar-refractivity contribution in [2.75, 3.05) is 13.7 Å². The van der Waals surface area contributed by atoms with Crippen LogP contribution in [0.1, 0.15) is 43.7 Å². The average Bonchev–Trinajstić information content (AvgIpc) is 2.62. The molecule has 1 aromatic heterocycles. The predicted octanol–water partition coefficient (Wildman–Crippen LogP) is 3.66. The number of hydrogen-bond donors (Lipinski definition) is 0. The fraction of sp³-hybridized carbons (Fsp3) is 0.421. The van der Waals surface area contributed by atoms with Gasteiger partial charge >= 0.3 is 0 Å². The van der Waals surface area contributed by atoms with Crippen molar-refractivity contribution in [3.63, 3.8) is 0 Å². The number of methoxy groups -OCH3 is 1. The molecule has 0 N–H and O–H groups in total. The minimum Gasteiger partial charge on any atom is -0.497 e. The van der Waals surface area contributed by atoms with Gasteiger partial charge < -0.3 is 14.4 Å². The van der Waals surface area contributed by atoms with Crippen molar-refractivity contribution in [3.8, 4) is 17.4 Å². The van der Waals surface area contributed by atoms with E-state index in [4.69, 9.17) is 9.47 Å². The van der Waals surface area contributed by atoms with Gasteiger partial charge in [-0.1, -0.05) is 0 Å². The van der Waals surface area contributed by atoms with Crippen molar-refractivity contribution in [1.29, 1.82) is 0 Å². The van der Waals surface area contributed by atoms with E-state index in [-0.39, 0.29) is 11.9 Å². The predicted molar refractivity (Wildman–Crippen MR) is 93.8 cm³/mol. The van der Waals surface area contributed by atoms with E-state index in [0.29, 0.717) is 17.5 Å². The molecular weight excluding hydrogens is 318 g/mol. The zero-order chi connectivity index (χ0) is 17.8. The van der Waals surface area contributed by atoms with Gasteiger partial charge in [-0.05, 0) is 50.5 Å². The molecule has 0 bridgehead atoms. The first kappa shape index (κ1) is 17.2. The molecule has 0 aliphatic carbocycles. The Labute approximate surface area is 147 Å². The van der Waals surface area contributed by atoms with Gasteiger partial charge in [-0.3, -0.25) is 4.79 Å². The second-order valence-electron chi connectivity index (χ2n) is 6.21. The van der Waals surface area contributed by atoms with Gasteiger partial charge in [0.05, 0.1) is 13.2 Å². The topological polar surface area (TPSA) is 64.6 Å². The molecule has 0 unspecified atom stereocenters. The highest BCUT2D eigenvalue weighted by molar-refractivity contribution is 5.73. The number of likely N-dealkylation sites (tertiary alicyclic amines) is 1. The molecule has 6 heteroatoms. The van der Waals surface area contributed by atoms with E-state index in [0.717, 1.165) is 37.3 Å².